The van der Waals surface area contributed by atoms with Crippen molar-refractivity contribution in [3.63, 3.8) is 0 Å². The zero-order chi connectivity index (χ0) is 21.8. The number of halogens is 2. The number of ether oxygens (including phenoxy) is 1. The van der Waals surface area contributed by atoms with Crippen LogP contribution in [-0.4, -0.2) is 25.8 Å². The second-order valence-corrected chi connectivity index (χ2v) is 7.03. The molecule has 4 rings (SSSR count). The lowest BCUT2D eigenvalue weighted by Crippen LogP contribution is -2.16. The van der Waals surface area contributed by atoms with Gasteiger partial charge in [0.05, 0.1) is 12.1 Å². The lowest BCUT2D eigenvalue weighted by molar-refractivity contribution is 0.101. The highest BCUT2D eigenvalue weighted by Gasteiger charge is 2.21. The Kier molecular flexibility index (Phi) is 5.94. The van der Waals surface area contributed by atoms with E-state index in [4.69, 9.17) is 20.9 Å². The fraction of sp³-hybridized carbons (Fsp3) is 0.143. The number of carbonyl (C=O) groups is 1. The molecule has 0 spiro atoms. The number of benzene rings is 2. The Morgan fingerprint density at radius 2 is 2.06 bits per heavy atom. The SMILES string of the molecule is Cc1onc(C(=O)Nc2ncn(Cc3ccc(F)cc3Cl)n2)c1COc1ccccc1. The van der Waals surface area contributed by atoms with Crippen LogP contribution in [0.5, 0.6) is 5.75 Å². The van der Waals surface area contributed by atoms with Crippen LogP contribution in [0.3, 0.4) is 0 Å². The summed E-state index contributed by atoms with van der Waals surface area (Å²) in [5, 5.41) is 10.9. The van der Waals surface area contributed by atoms with Gasteiger partial charge in [-0.1, -0.05) is 41.0 Å². The van der Waals surface area contributed by atoms with E-state index < -0.39 is 11.7 Å². The fourth-order valence-corrected chi connectivity index (χ4v) is 3.05. The van der Waals surface area contributed by atoms with Gasteiger partial charge in [0, 0.05) is 5.02 Å². The first-order valence-corrected chi connectivity index (χ1v) is 9.65. The first kappa shape index (κ1) is 20.5. The summed E-state index contributed by atoms with van der Waals surface area (Å²) in [4.78, 5) is 16.7. The largest absolute Gasteiger partial charge is 0.489 e. The molecular weight excluding hydrogens is 425 g/mol. The summed E-state index contributed by atoms with van der Waals surface area (Å²) >= 11 is 6.04. The van der Waals surface area contributed by atoms with Crippen molar-refractivity contribution in [1.82, 2.24) is 19.9 Å². The van der Waals surface area contributed by atoms with Gasteiger partial charge >= 0.3 is 0 Å². The number of carbonyl (C=O) groups excluding carboxylic acids is 1. The van der Waals surface area contributed by atoms with Gasteiger partial charge in [0.2, 0.25) is 5.95 Å². The smallest absolute Gasteiger partial charge is 0.280 e. The number of aromatic nitrogens is 4. The van der Waals surface area contributed by atoms with Crippen molar-refractivity contribution in [2.45, 2.75) is 20.1 Å². The number of aryl methyl sites for hydroxylation is 1. The minimum atomic E-state index is -0.527. The molecule has 2 aromatic carbocycles. The summed E-state index contributed by atoms with van der Waals surface area (Å²) in [7, 11) is 0. The molecule has 1 amide bonds. The second kappa shape index (κ2) is 8.97. The normalized spacial score (nSPS) is 10.8. The van der Waals surface area contributed by atoms with Gasteiger partial charge < -0.3 is 9.26 Å². The molecule has 158 valence electrons. The molecule has 0 saturated carbocycles. The number of nitrogens with zero attached hydrogens (tertiary/aromatic N) is 4. The van der Waals surface area contributed by atoms with Crippen LogP contribution < -0.4 is 10.1 Å². The van der Waals surface area contributed by atoms with Gasteiger partial charge in [-0.05, 0) is 36.8 Å². The molecule has 0 aliphatic carbocycles. The fourth-order valence-electron chi connectivity index (χ4n) is 2.83. The van der Waals surface area contributed by atoms with E-state index >= 15 is 0 Å². The highest BCUT2D eigenvalue weighted by Crippen LogP contribution is 2.20. The van der Waals surface area contributed by atoms with Gasteiger partial charge in [-0.15, -0.1) is 5.10 Å². The molecule has 0 saturated heterocycles. The minimum absolute atomic E-state index is 0.0822. The Morgan fingerprint density at radius 3 is 2.84 bits per heavy atom. The van der Waals surface area contributed by atoms with Crippen LogP contribution in [0, 0.1) is 12.7 Å². The van der Waals surface area contributed by atoms with Crippen molar-refractivity contribution >= 4 is 23.5 Å². The van der Waals surface area contributed by atoms with Crippen LogP contribution in [0.2, 0.25) is 5.02 Å². The number of rotatable bonds is 7. The van der Waals surface area contributed by atoms with Crippen molar-refractivity contribution in [2.75, 3.05) is 5.32 Å². The molecular formula is C21H17ClFN5O3. The van der Waals surface area contributed by atoms with Crippen LogP contribution in [-0.2, 0) is 13.2 Å². The molecule has 1 N–H and O–H groups in total. The molecule has 0 aliphatic rings. The lowest BCUT2D eigenvalue weighted by Gasteiger charge is -2.06. The van der Waals surface area contributed by atoms with Crippen molar-refractivity contribution in [3.8, 4) is 5.75 Å². The average Bonchev–Trinajstić information content (AvgIpc) is 3.35. The maximum absolute atomic E-state index is 13.2. The van der Waals surface area contributed by atoms with Crippen molar-refractivity contribution in [3.05, 3.63) is 88.3 Å². The van der Waals surface area contributed by atoms with Crippen molar-refractivity contribution in [2.24, 2.45) is 0 Å². The summed E-state index contributed by atoms with van der Waals surface area (Å²) in [6, 6.07) is 13.3. The zero-order valence-electron chi connectivity index (χ0n) is 16.4. The number of hydrogen-bond donors (Lipinski definition) is 1. The van der Waals surface area contributed by atoms with Gasteiger partial charge in [-0.3, -0.25) is 10.1 Å². The highest BCUT2D eigenvalue weighted by atomic mass is 35.5. The summed E-state index contributed by atoms with van der Waals surface area (Å²) in [5.41, 5.74) is 1.28. The molecule has 0 radical (unpaired) electrons. The second-order valence-electron chi connectivity index (χ2n) is 6.62. The molecule has 2 aromatic heterocycles. The third-order valence-electron chi connectivity index (χ3n) is 4.44. The molecule has 0 atom stereocenters. The molecule has 0 unspecified atom stereocenters. The Hall–Kier alpha value is -3.72. The predicted octanol–water partition coefficient (Wildman–Crippen LogP) is 4.25. The number of anilines is 1. The molecule has 0 aliphatic heterocycles. The van der Waals surface area contributed by atoms with Crippen LogP contribution in [0.15, 0.2) is 59.4 Å². The van der Waals surface area contributed by atoms with Crippen LogP contribution in [0.4, 0.5) is 10.3 Å². The van der Waals surface area contributed by atoms with E-state index in [2.05, 4.69) is 20.6 Å². The van der Waals surface area contributed by atoms with Gasteiger partial charge in [0.25, 0.3) is 5.91 Å². The molecule has 31 heavy (non-hydrogen) atoms. The highest BCUT2D eigenvalue weighted by molar-refractivity contribution is 6.31. The quantitative estimate of drug-likeness (QED) is 0.460. The summed E-state index contributed by atoms with van der Waals surface area (Å²) in [6.07, 6.45) is 1.43. The lowest BCUT2D eigenvalue weighted by atomic mass is 10.2. The van der Waals surface area contributed by atoms with Crippen LogP contribution in [0.1, 0.15) is 27.4 Å². The van der Waals surface area contributed by atoms with Gasteiger partial charge in [-0.25, -0.2) is 14.1 Å². The Bertz CT molecular complexity index is 1210. The van der Waals surface area contributed by atoms with E-state index in [-0.39, 0.29) is 29.8 Å². The molecule has 0 bridgehead atoms. The molecule has 2 heterocycles. The van der Waals surface area contributed by atoms with E-state index in [0.29, 0.717) is 22.6 Å². The van der Waals surface area contributed by atoms with Crippen LogP contribution in [0.25, 0.3) is 0 Å². The minimum Gasteiger partial charge on any atom is -0.489 e. The monoisotopic (exact) mass is 441 g/mol. The maximum Gasteiger partial charge on any atom is 0.280 e. The van der Waals surface area contributed by atoms with Gasteiger partial charge in [0.1, 0.15) is 30.3 Å². The average molecular weight is 442 g/mol. The van der Waals surface area contributed by atoms with Crippen molar-refractivity contribution < 1.29 is 18.4 Å². The zero-order valence-corrected chi connectivity index (χ0v) is 17.1. The summed E-state index contributed by atoms with van der Waals surface area (Å²) in [6.45, 7) is 2.08. The third kappa shape index (κ3) is 4.89. The van der Waals surface area contributed by atoms with Crippen molar-refractivity contribution in [1.29, 1.82) is 0 Å². The summed E-state index contributed by atoms with van der Waals surface area (Å²) in [5.74, 6) is 0.273. The molecule has 8 nitrogen and oxygen atoms in total. The standard InChI is InChI=1S/C21H17ClFN5O3/c1-13-17(11-30-16-5-3-2-4-6-16)19(27-31-13)20(29)25-21-24-12-28(26-21)10-14-7-8-15(23)9-18(14)22/h2-9,12H,10-11H2,1H3,(H,25,26,29). The predicted molar refractivity (Wildman–Crippen MR) is 111 cm³/mol. The van der Waals surface area contributed by atoms with Gasteiger partial charge in [0.15, 0.2) is 5.69 Å². The Labute approximate surface area is 181 Å². The number of para-hydroxylation sites is 1. The first-order chi connectivity index (χ1) is 15.0. The van der Waals surface area contributed by atoms with Gasteiger partial charge in [-0.2, -0.15) is 0 Å². The maximum atomic E-state index is 13.2. The number of hydrogen-bond acceptors (Lipinski definition) is 6. The number of nitrogens with one attached hydrogen (secondary N) is 1. The van der Waals surface area contributed by atoms with E-state index in [1.54, 1.807) is 13.0 Å². The molecule has 10 heteroatoms. The van der Waals surface area contributed by atoms with E-state index in [9.17, 15) is 9.18 Å². The third-order valence-corrected chi connectivity index (χ3v) is 4.79. The Morgan fingerprint density at radius 1 is 1.26 bits per heavy atom. The Balaban J connectivity index is 1.43. The molecule has 4 aromatic rings. The topological polar surface area (TPSA) is 95.1 Å². The van der Waals surface area contributed by atoms with E-state index in [1.807, 2.05) is 30.3 Å². The first-order valence-electron chi connectivity index (χ1n) is 9.27. The van der Waals surface area contributed by atoms with E-state index in [0.717, 1.165) is 0 Å². The van der Waals surface area contributed by atoms with E-state index in [1.165, 1.54) is 23.1 Å². The summed E-state index contributed by atoms with van der Waals surface area (Å²) < 4.78 is 25.5. The molecule has 0 fully saturated rings. The van der Waals surface area contributed by atoms with Crippen LogP contribution >= 0.6 is 11.6 Å². The number of amides is 1.